The molecule has 6 nitrogen and oxygen atoms in total. The summed E-state index contributed by atoms with van der Waals surface area (Å²) in [6.45, 7) is 3.77. The Hall–Kier alpha value is -0.980. The number of aliphatic hydroxyl groups is 1. The fraction of sp³-hybridized carbons (Fsp3) is 0.778. The van der Waals surface area contributed by atoms with E-state index < -0.39 is 6.04 Å². The molecule has 0 amide bonds. The molecular weight excluding hydrogens is 198 g/mol. The summed E-state index contributed by atoms with van der Waals surface area (Å²) in [5.74, 6) is 0.937. The lowest BCUT2D eigenvalue weighted by molar-refractivity contribution is 0.0555. The van der Waals surface area contributed by atoms with Gasteiger partial charge in [0, 0.05) is 7.11 Å². The molecule has 3 N–H and O–H groups in total. The summed E-state index contributed by atoms with van der Waals surface area (Å²) in [4.78, 5) is 4.09. The van der Waals surface area contributed by atoms with E-state index in [9.17, 15) is 0 Å². The zero-order valence-electron chi connectivity index (χ0n) is 9.17. The van der Waals surface area contributed by atoms with E-state index in [0.29, 0.717) is 5.82 Å². The number of hydrogen-bond acceptors (Lipinski definition) is 6. The molecule has 0 spiro atoms. The van der Waals surface area contributed by atoms with Gasteiger partial charge in [-0.3, -0.25) is 0 Å². The summed E-state index contributed by atoms with van der Waals surface area (Å²) in [6, 6.07) is -0.629. The smallest absolute Gasteiger partial charge is 0.246 e. The highest BCUT2D eigenvalue weighted by molar-refractivity contribution is 4.95. The van der Waals surface area contributed by atoms with Crippen LogP contribution in [0, 0.1) is 5.92 Å². The first-order valence-corrected chi connectivity index (χ1v) is 4.82. The quantitative estimate of drug-likeness (QED) is 0.738. The zero-order chi connectivity index (χ0) is 11.4. The Kier molecular flexibility index (Phi) is 4.19. The van der Waals surface area contributed by atoms with Gasteiger partial charge in [-0.1, -0.05) is 19.0 Å². The number of aromatic nitrogens is 2. The maximum atomic E-state index is 8.82. The Balaban J connectivity index is 2.82. The van der Waals surface area contributed by atoms with E-state index in [1.807, 2.05) is 13.8 Å². The number of nitrogens with two attached hydrogens (primary N) is 1. The molecule has 0 aliphatic rings. The van der Waals surface area contributed by atoms with Crippen LogP contribution in [-0.4, -0.2) is 29.0 Å². The number of hydrogen-bond donors (Lipinski definition) is 2. The van der Waals surface area contributed by atoms with Gasteiger partial charge < -0.3 is 20.1 Å². The molecular formula is C9H17N3O3. The van der Waals surface area contributed by atoms with E-state index >= 15 is 0 Å². The van der Waals surface area contributed by atoms with E-state index in [1.54, 1.807) is 7.11 Å². The van der Waals surface area contributed by atoms with Crippen molar-refractivity contribution in [1.82, 2.24) is 10.1 Å². The van der Waals surface area contributed by atoms with E-state index in [1.165, 1.54) is 0 Å². The van der Waals surface area contributed by atoms with Gasteiger partial charge in [0.05, 0.1) is 6.61 Å². The van der Waals surface area contributed by atoms with Crippen LogP contribution >= 0.6 is 0 Å². The number of methoxy groups -OCH3 is 1. The van der Waals surface area contributed by atoms with Gasteiger partial charge in [-0.15, -0.1) is 0 Å². The van der Waals surface area contributed by atoms with Crippen LogP contribution in [-0.2, 0) is 4.74 Å². The van der Waals surface area contributed by atoms with Gasteiger partial charge in [-0.25, -0.2) is 0 Å². The van der Waals surface area contributed by atoms with Crippen molar-refractivity contribution < 1.29 is 14.4 Å². The third-order valence-corrected chi connectivity index (χ3v) is 2.09. The third kappa shape index (κ3) is 2.74. The van der Waals surface area contributed by atoms with Crippen LogP contribution in [0.5, 0.6) is 0 Å². The van der Waals surface area contributed by atoms with Gasteiger partial charge in [0.2, 0.25) is 11.7 Å². The van der Waals surface area contributed by atoms with Crippen LogP contribution in [0.25, 0.3) is 0 Å². The lowest BCUT2D eigenvalue weighted by Gasteiger charge is -2.14. The highest BCUT2D eigenvalue weighted by Gasteiger charge is 2.22. The second-order valence-electron chi connectivity index (χ2n) is 3.68. The van der Waals surface area contributed by atoms with E-state index in [4.69, 9.17) is 20.1 Å². The Morgan fingerprint density at radius 1 is 1.53 bits per heavy atom. The van der Waals surface area contributed by atoms with Gasteiger partial charge in [0.15, 0.2) is 0 Å². The molecule has 0 aromatic carbocycles. The lowest BCUT2D eigenvalue weighted by Crippen LogP contribution is -2.15. The second-order valence-corrected chi connectivity index (χ2v) is 3.68. The first-order valence-electron chi connectivity index (χ1n) is 4.82. The largest absolute Gasteiger partial charge is 0.394 e. The number of rotatable bonds is 5. The average molecular weight is 215 g/mol. The Morgan fingerprint density at radius 2 is 2.20 bits per heavy atom. The fourth-order valence-corrected chi connectivity index (χ4v) is 1.27. The third-order valence-electron chi connectivity index (χ3n) is 2.09. The molecule has 0 saturated carbocycles. The van der Waals surface area contributed by atoms with Gasteiger partial charge in [0.1, 0.15) is 12.1 Å². The molecule has 1 unspecified atom stereocenters. The molecule has 86 valence electrons. The van der Waals surface area contributed by atoms with Gasteiger partial charge in [-0.2, -0.15) is 4.98 Å². The van der Waals surface area contributed by atoms with Crippen molar-refractivity contribution in [1.29, 1.82) is 0 Å². The second kappa shape index (κ2) is 5.20. The number of aliphatic hydroxyl groups excluding tert-OH is 1. The summed E-state index contributed by atoms with van der Waals surface area (Å²) < 4.78 is 10.2. The number of nitrogens with zero attached hydrogens (tertiary/aromatic N) is 2. The minimum atomic E-state index is -0.629. The molecule has 1 aromatic rings. The predicted octanol–water partition coefficient (Wildman–Crippen LogP) is 0.405. The summed E-state index contributed by atoms with van der Waals surface area (Å²) in [7, 11) is 1.59. The zero-order valence-corrected chi connectivity index (χ0v) is 9.17. The molecule has 2 atom stereocenters. The molecule has 0 saturated heterocycles. The maximum Gasteiger partial charge on any atom is 0.246 e. The van der Waals surface area contributed by atoms with Gasteiger partial charge in [-0.05, 0) is 5.92 Å². The monoisotopic (exact) mass is 215 g/mol. The van der Waals surface area contributed by atoms with Crippen LogP contribution in [0.15, 0.2) is 4.52 Å². The van der Waals surface area contributed by atoms with Crippen molar-refractivity contribution >= 4 is 0 Å². The first-order chi connectivity index (χ1) is 7.10. The van der Waals surface area contributed by atoms with Crippen molar-refractivity contribution in [2.75, 3.05) is 13.7 Å². The topological polar surface area (TPSA) is 94.4 Å². The molecule has 1 heterocycles. The SMILES string of the molecule is COC(c1noc([C@@H](N)CO)n1)C(C)C. The Labute approximate surface area is 88.4 Å². The standard InChI is InChI=1S/C9H17N3O3/c1-5(2)7(14-3)8-11-9(15-12-8)6(10)4-13/h5-7,13H,4,10H2,1-3H3/t6-,7?/m0/s1. The van der Waals surface area contributed by atoms with Crippen LogP contribution in [0.1, 0.15) is 37.7 Å². The van der Waals surface area contributed by atoms with Gasteiger partial charge >= 0.3 is 0 Å². The van der Waals surface area contributed by atoms with Crippen LogP contribution in [0.3, 0.4) is 0 Å². The minimum Gasteiger partial charge on any atom is -0.394 e. The molecule has 0 aliphatic carbocycles. The van der Waals surface area contributed by atoms with Crippen molar-refractivity contribution in [3.05, 3.63) is 11.7 Å². The lowest BCUT2D eigenvalue weighted by atomic mass is 10.1. The number of ether oxygens (including phenoxy) is 1. The molecule has 0 radical (unpaired) electrons. The van der Waals surface area contributed by atoms with Crippen LogP contribution in [0.4, 0.5) is 0 Å². The molecule has 6 heteroatoms. The summed E-state index contributed by atoms with van der Waals surface area (Å²) in [5.41, 5.74) is 5.54. The van der Waals surface area contributed by atoms with E-state index in [0.717, 1.165) is 0 Å². The van der Waals surface area contributed by atoms with Gasteiger partial charge in [0.25, 0.3) is 0 Å². The predicted molar refractivity (Wildman–Crippen MR) is 52.9 cm³/mol. The highest BCUT2D eigenvalue weighted by atomic mass is 16.5. The van der Waals surface area contributed by atoms with Crippen molar-refractivity contribution in [2.45, 2.75) is 26.0 Å². The van der Waals surface area contributed by atoms with Crippen molar-refractivity contribution in [3.63, 3.8) is 0 Å². The summed E-state index contributed by atoms with van der Waals surface area (Å²) in [5, 5.41) is 12.6. The molecule has 0 fully saturated rings. The van der Waals surface area contributed by atoms with Crippen LogP contribution < -0.4 is 5.73 Å². The summed E-state index contributed by atoms with van der Waals surface area (Å²) in [6.07, 6.45) is -0.214. The van der Waals surface area contributed by atoms with E-state index in [2.05, 4.69) is 10.1 Å². The molecule has 1 rings (SSSR count). The molecule has 1 aromatic heterocycles. The van der Waals surface area contributed by atoms with Crippen LogP contribution in [0.2, 0.25) is 0 Å². The van der Waals surface area contributed by atoms with Crippen molar-refractivity contribution in [3.8, 4) is 0 Å². The molecule has 0 bridgehead atoms. The Bertz CT molecular complexity index is 301. The minimum absolute atomic E-state index is 0.214. The first kappa shape index (κ1) is 12.1. The summed E-state index contributed by atoms with van der Waals surface area (Å²) >= 11 is 0. The average Bonchev–Trinajstić information content (AvgIpc) is 2.66. The Morgan fingerprint density at radius 3 is 2.67 bits per heavy atom. The normalized spacial score (nSPS) is 15.6. The van der Waals surface area contributed by atoms with Crippen molar-refractivity contribution in [2.24, 2.45) is 11.7 Å². The maximum absolute atomic E-state index is 8.82. The molecule has 0 aliphatic heterocycles. The fourth-order valence-electron chi connectivity index (χ4n) is 1.27. The molecule has 15 heavy (non-hydrogen) atoms. The highest BCUT2D eigenvalue weighted by Crippen LogP contribution is 2.23. The van der Waals surface area contributed by atoms with E-state index in [-0.39, 0.29) is 24.5 Å².